The third-order valence-electron chi connectivity index (χ3n) is 9.11. The van der Waals surface area contributed by atoms with Gasteiger partial charge < -0.3 is 10.2 Å². The Labute approximate surface area is 213 Å². The Kier molecular flexibility index (Phi) is 4.99. The highest BCUT2D eigenvalue weighted by atomic mass is 16.2. The van der Waals surface area contributed by atoms with Crippen LogP contribution in [0.2, 0.25) is 0 Å². The normalized spacial score (nSPS) is 30.2. The summed E-state index contributed by atoms with van der Waals surface area (Å²) >= 11 is 0. The van der Waals surface area contributed by atoms with Crippen LogP contribution >= 0.6 is 0 Å². The van der Waals surface area contributed by atoms with Crippen LogP contribution in [0.4, 0.5) is 5.69 Å². The number of rotatable bonds is 5. The Balaban J connectivity index is 1.09. The molecular weight excluding hydrogens is 448 g/mol. The minimum absolute atomic E-state index is 0.181. The van der Waals surface area contributed by atoms with E-state index in [1.807, 2.05) is 9.80 Å². The first kappa shape index (κ1) is 22.3. The van der Waals surface area contributed by atoms with Crippen molar-refractivity contribution in [3.63, 3.8) is 0 Å². The molecule has 3 aliphatic heterocycles. The number of fused-ring (bicyclic) bond motifs is 1. The Hall–Kier alpha value is -2.89. The topological polar surface area (TPSA) is 65.0 Å². The smallest absolute Gasteiger partial charge is 0.256 e. The molecule has 6 nitrogen and oxygen atoms in total. The van der Waals surface area contributed by atoms with E-state index in [4.69, 9.17) is 4.99 Å². The summed E-state index contributed by atoms with van der Waals surface area (Å²) in [5.74, 6) is 2.34. The fraction of sp³-hybridized carbons (Fsp3) is 0.567. The van der Waals surface area contributed by atoms with Gasteiger partial charge in [-0.3, -0.25) is 19.5 Å². The summed E-state index contributed by atoms with van der Waals surface area (Å²) in [4.78, 5) is 35.1. The largest absolute Gasteiger partial charge is 0.382 e. The summed E-state index contributed by atoms with van der Waals surface area (Å²) in [6.45, 7) is 6.73. The number of anilines is 1. The minimum atomic E-state index is -0.501. The second kappa shape index (κ2) is 8.06. The fourth-order valence-electron chi connectivity index (χ4n) is 6.66. The monoisotopic (exact) mass is 484 g/mol. The first-order valence-electron chi connectivity index (χ1n) is 13.9. The maximum absolute atomic E-state index is 13.5. The molecular formula is C30H36N4O2. The average molecular weight is 485 g/mol. The number of carbonyl (C=O) groups excluding carboxylic acids is 2. The number of hydrogen-bond acceptors (Lipinski definition) is 4. The summed E-state index contributed by atoms with van der Waals surface area (Å²) in [6.07, 6.45) is 11.4. The lowest BCUT2D eigenvalue weighted by Crippen LogP contribution is -2.41. The highest BCUT2D eigenvalue weighted by molar-refractivity contribution is 6.17. The number of hydrogen-bond donors (Lipinski definition) is 1. The molecule has 1 aromatic rings. The predicted molar refractivity (Wildman–Crippen MR) is 141 cm³/mol. The number of amidine groups is 1. The van der Waals surface area contributed by atoms with Crippen LogP contribution in [0.3, 0.4) is 0 Å². The molecule has 1 saturated heterocycles. The Morgan fingerprint density at radius 1 is 1.19 bits per heavy atom. The number of amides is 2. The van der Waals surface area contributed by atoms with Crippen LogP contribution in [0.25, 0.3) is 0 Å². The van der Waals surface area contributed by atoms with E-state index < -0.39 is 5.54 Å². The van der Waals surface area contributed by atoms with E-state index in [1.54, 1.807) is 0 Å². The Morgan fingerprint density at radius 3 is 2.78 bits per heavy atom. The number of nitrogens with zero attached hydrogens (tertiary/aromatic N) is 3. The molecule has 6 heteroatoms. The lowest BCUT2D eigenvalue weighted by Gasteiger charge is -2.27. The molecule has 1 spiro atoms. The molecule has 36 heavy (non-hydrogen) atoms. The minimum Gasteiger partial charge on any atom is -0.382 e. The van der Waals surface area contributed by atoms with Crippen LogP contribution in [-0.4, -0.2) is 58.7 Å². The van der Waals surface area contributed by atoms with Gasteiger partial charge in [0.2, 0.25) is 5.91 Å². The maximum Gasteiger partial charge on any atom is 0.256 e. The number of allylic oxidation sites excluding steroid dienone is 2. The Bertz CT molecular complexity index is 1240. The quantitative estimate of drug-likeness (QED) is 0.672. The second-order valence-corrected chi connectivity index (χ2v) is 12.1. The van der Waals surface area contributed by atoms with Gasteiger partial charge in [-0.1, -0.05) is 29.9 Å². The number of nitrogens with one attached hydrogen (secondary N) is 1. The van der Waals surface area contributed by atoms with E-state index in [1.165, 1.54) is 22.4 Å². The SMILES string of the molecule is CC1=C(C2=NC3(CC3)C(=O)N2C[C@@H]2CCN(C(=O)C3CC3)C2)C=CC(c2ccc3c(c2)CC(C)N3)C1. The van der Waals surface area contributed by atoms with Gasteiger partial charge in [0.1, 0.15) is 11.4 Å². The van der Waals surface area contributed by atoms with E-state index in [-0.39, 0.29) is 11.8 Å². The predicted octanol–water partition coefficient (Wildman–Crippen LogP) is 4.43. The first-order valence-corrected chi connectivity index (χ1v) is 13.9. The van der Waals surface area contributed by atoms with E-state index in [2.05, 4.69) is 49.5 Å². The molecule has 1 aromatic carbocycles. The number of aliphatic imine (C=N–C) groups is 1. The molecule has 0 aromatic heterocycles. The van der Waals surface area contributed by atoms with Crippen molar-refractivity contribution >= 4 is 23.3 Å². The van der Waals surface area contributed by atoms with Crippen molar-refractivity contribution in [3.05, 3.63) is 52.6 Å². The lowest BCUT2D eigenvalue weighted by atomic mass is 9.84. The van der Waals surface area contributed by atoms with Gasteiger partial charge in [0.15, 0.2) is 0 Å². The van der Waals surface area contributed by atoms with Crippen LogP contribution in [0.1, 0.15) is 69.4 Å². The van der Waals surface area contributed by atoms with Crippen molar-refractivity contribution in [1.82, 2.24) is 9.80 Å². The average Bonchev–Trinajstić information content (AvgIpc) is 3.76. The zero-order chi connectivity index (χ0) is 24.6. The third-order valence-corrected chi connectivity index (χ3v) is 9.11. The van der Waals surface area contributed by atoms with Crippen molar-refractivity contribution in [3.8, 4) is 0 Å². The van der Waals surface area contributed by atoms with Gasteiger partial charge in [0.25, 0.3) is 5.91 Å². The zero-order valence-corrected chi connectivity index (χ0v) is 21.4. The third kappa shape index (κ3) is 3.72. The van der Waals surface area contributed by atoms with E-state index in [0.29, 0.717) is 30.3 Å². The molecule has 3 aliphatic carbocycles. The lowest BCUT2D eigenvalue weighted by molar-refractivity contribution is -0.131. The second-order valence-electron chi connectivity index (χ2n) is 12.1. The molecule has 3 fully saturated rings. The van der Waals surface area contributed by atoms with Crippen LogP contribution in [0, 0.1) is 11.8 Å². The van der Waals surface area contributed by atoms with Crippen molar-refractivity contribution < 1.29 is 9.59 Å². The van der Waals surface area contributed by atoms with E-state index in [0.717, 1.165) is 69.4 Å². The van der Waals surface area contributed by atoms with Gasteiger partial charge in [-0.15, -0.1) is 0 Å². The fourth-order valence-corrected chi connectivity index (χ4v) is 6.66. The molecule has 0 radical (unpaired) electrons. The summed E-state index contributed by atoms with van der Waals surface area (Å²) in [5, 5.41) is 3.55. The molecule has 2 amide bonds. The molecule has 3 heterocycles. The number of carbonyl (C=O) groups is 2. The highest BCUT2D eigenvalue weighted by Gasteiger charge is 2.58. The molecule has 2 saturated carbocycles. The highest BCUT2D eigenvalue weighted by Crippen LogP contribution is 2.47. The van der Waals surface area contributed by atoms with Crippen LogP contribution in [0.15, 0.2) is 46.5 Å². The molecule has 1 N–H and O–H groups in total. The van der Waals surface area contributed by atoms with Gasteiger partial charge in [0.05, 0.1) is 0 Å². The molecule has 0 bridgehead atoms. The van der Waals surface area contributed by atoms with Crippen molar-refractivity contribution in [2.24, 2.45) is 16.8 Å². The summed E-state index contributed by atoms with van der Waals surface area (Å²) < 4.78 is 0. The Morgan fingerprint density at radius 2 is 2.03 bits per heavy atom. The van der Waals surface area contributed by atoms with E-state index >= 15 is 0 Å². The van der Waals surface area contributed by atoms with Gasteiger partial charge >= 0.3 is 0 Å². The van der Waals surface area contributed by atoms with Crippen molar-refractivity contribution in [2.75, 3.05) is 25.0 Å². The summed E-state index contributed by atoms with van der Waals surface area (Å²) in [7, 11) is 0. The zero-order valence-electron chi connectivity index (χ0n) is 21.4. The molecule has 188 valence electrons. The van der Waals surface area contributed by atoms with Crippen molar-refractivity contribution in [2.45, 2.75) is 76.3 Å². The van der Waals surface area contributed by atoms with Gasteiger partial charge in [0, 0.05) is 48.8 Å². The molecule has 3 atom stereocenters. The van der Waals surface area contributed by atoms with Crippen LogP contribution in [-0.2, 0) is 16.0 Å². The molecule has 7 rings (SSSR count). The van der Waals surface area contributed by atoms with Crippen LogP contribution < -0.4 is 5.32 Å². The molecule has 2 unspecified atom stereocenters. The number of benzene rings is 1. The summed E-state index contributed by atoms with van der Waals surface area (Å²) in [6, 6.07) is 7.36. The van der Waals surface area contributed by atoms with Crippen LogP contribution in [0.5, 0.6) is 0 Å². The van der Waals surface area contributed by atoms with E-state index in [9.17, 15) is 9.59 Å². The first-order chi connectivity index (χ1) is 17.4. The maximum atomic E-state index is 13.5. The molecule has 6 aliphatic rings. The number of likely N-dealkylation sites (tertiary alicyclic amines) is 1. The summed E-state index contributed by atoms with van der Waals surface area (Å²) in [5.41, 5.74) is 5.99. The van der Waals surface area contributed by atoms with Gasteiger partial charge in [-0.05, 0) is 81.9 Å². The van der Waals surface area contributed by atoms with Gasteiger partial charge in [-0.2, -0.15) is 0 Å². The standard InChI is InChI=1S/C30H36N4O2/c1-18-13-22(23-6-8-26-24(15-23)14-19(2)31-26)5-7-25(18)27-32-30(10-11-30)29(36)34(27)17-20-9-12-33(16-20)28(35)21-3-4-21/h5-8,15,19-22,31H,3-4,9-14,16-17H2,1-2H3/t19?,20-,22?/m1/s1. The van der Waals surface area contributed by atoms with Gasteiger partial charge in [-0.25, -0.2) is 0 Å². The van der Waals surface area contributed by atoms with Crippen molar-refractivity contribution in [1.29, 1.82) is 0 Å².